The zero-order chi connectivity index (χ0) is 12.4. The summed E-state index contributed by atoms with van der Waals surface area (Å²) in [7, 11) is 0. The molecule has 2 rings (SSSR count). The van der Waals surface area contributed by atoms with Crippen LogP contribution < -0.4 is 0 Å². The summed E-state index contributed by atoms with van der Waals surface area (Å²) in [6.45, 7) is 5.22. The molecule has 0 aliphatic rings. The molecule has 90 valence electrons. The Balaban J connectivity index is 2.45. The topological polar surface area (TPSA) is 30.7 Å². The van der Waals surface area contributed by atoms with Crippen molar-refractivity contribution in [3.05, 3.63) is 34.0 Å². The van der Waals surface area contributed by atoms with Crippen molar-refractivity contribution in [3.63, 3.8) is 0 Å². The Bertz CT molecular complexity index is 522. The minimum atomic E-state index is 0.544. The van der Waals surface area contributed by atoms with Gasteiger partial charge in [-0.05, 0) is 24.1 Å². The molecule has 0 fully saturated rings. The number of benzene rings is 1. The lowest BCUT2D eigenvalue weighted by Crippen LogP contribution is -2.05. The molecule has 3 nitrogen and oxygen atoms in total. The van der Waals surface area contributed by atoms with E-state index >= 15 is 0 Å². The molecule has 1 heterocycles. The van der Waals surface area contributed by atoms with Crippen LogP contribution in [0, 0.1) is 5.92 Å². The van der Waals surface area contributed by atoms with Gasteiger partial charge in [0.25, 0.3) is 0 Å². The molecule has 0 amide bonds. The Morgan fingerprint density at radius 3 is 2.88 bits per heavy atom. The normalized spacial score (nSPS) is 11.1. The van der Waals surface area contributed by atoms with Crippen LogP contribution in [0.15, 0.2) is 29.0 Å². The van der Waals surface area contributed by atoms with Gasteiger partial charge >= 0.3 is 0 Å². The summed E-state index contributed by atoms with van der Waals surface area (Å²) in [6, 6.07) is 5.66. The molecule has 0 unspecified atom stereocenters. The van der Waals surface area contributed by atoms with Crippen molar-refractivity contribution in [1.29, 1.82) is 0 Å². The van der Waals surface area contributed by atoms with Gasteiger partial charge in [0, 0.05) is 21.6 Å². The van der Waals surface area contributed by atoms with Gasteiger partial charge in [0.15, 0.2) is 5.82 Å². The zero-order valence-electron chi connectivity index (χ0n) is 9.69. The molecule has 5 heteroatoms. The number of hydrogen-bond acceptors (Lipinski definition) is 2. The molecular formula is C12H13BrClN3. The predicted octanol–water partition coefficient (Wildman–Crippen LogP) is 4.02. The smallest absolute Gasteiger partial charge is 0.164 e. The van der Waals surface area contributed by atoms with Crippen LogP contribution in [0.5, 0.6) is 0 Å². The second-order valence-corrected chi connectivity index (χ2v) is 5.62. The van der Waals surface area contributed by atoms with Crippen molar-refractivity contribution in [2.24, 2.45) is 5.92 Å². The summed E-state index contributed by atoms with van der Waals surface area (Å²) in [5, 5.41) is 8.83. The van der Waals surface area contributed by atoms with Gasteiger partial charge in [-0.1, -0.05) is 41.4 Å². The first kappa shape index (κ1) is 12.6. The average Bonchev–Trinajstić information content (AvgIpc) is 2.69. The SMILES string of the molecule is CC(C)Cn1cnnc1-c1cc(Cl)ccc1Br. The maximum absolute atomic E-state index is 6.01. The van der Waals surface area contributed by atoms with E-state index in [1.807, 2.05) is 22.8 Å². The molecule has 17 heavy (non-hydrogen) atoms. The van der Waals surface area contributed by atoms with Crippen LogP contribution >= 0.6 is 27.5 Å². The molecule has 0 spiro atoms. The largest absolute Gasteiger partial charge is 0.313 e. The van der Waals surface area contributed by atoms with Crippen LogP contribution in [0.4, 0.5) is 0 Å². The molecule has 0 aliphatic carbocycles. The van der Waals surface area contributed by atoms with Crippen LogP contribution in [0.25, 0.3) is 11.4 Å². The third kappa shape index (κ3) is 2.87. The number of aromatic nitrogens is 3. The van der Waals surface area contributed by atoms with Gasteiger partial charge in [-0.15, -0.1) is 10.2 Å². The lowest BCUT2D eigenvalue weighted by atomic mass is 10.2. The van der Waals surface area contributed by atoms with Gasteiger partial charge in [-0.3, -0.25) is 0 Å². The highest BCUT2D eigenvalue weighted by Crippen LogP contribution is 2.29. The fourth-order valence-corrected chi connectivity index (χ4v) is 2.26. The molecule has 0 atom stereocenters. The van der Waals surface area contributed by atoms with Gasteiger partial charge in [0.1, 0.15) is 6.33 Å². The van der Waals surface area contributed by atoms with Crippen molar-refractivity contribution in [3.8, 4) is 11.4 Å². The molecular weight excluding hydrogens is 302 g/mol. The fourth-order valence-electron chi connectivity index (χ4n) is 1.66. The van der Waals surface area contributed by atoms with Crippen LogP contribution in [0.3, 0.4) is 0 Å². The average molecular weight is 315 g/mol. The second-order valence-electron chi connectivity index (χ2n) is 4.32. The Morgan fingerprint density at radius 1 is 1.41 bits per heavy atom. The van der Waals surface area contributed by atoms with E-state index in [0.717, 1.165) is 22.4 Å². The van der Waals surface area contributed by atoms with Crippen LogP contribution in [-0.2, 0) is 6.54 Å². The van der Waals surface area contributed by atoms with Gasteiger partial charge in [0.2, 0.25) is 0 Å². The minimum absolute atomic E-state index is 0.544. The maximum Gasteiger partial charge on any atom is 0.164 e. The summed E-state index contributed by atoms with van der Waals surface area (Å²) < 4.78 is 3.01. The summed E-state index contributed by atoms with van der Waals surface area (Å²) >= 11 is 9.53. The van der Waals surface area contributed by atoms with Gasteiger partial charge in [-0.25, -0.2) is 0 Å². The van der Waals surface area contributed by atoms with Gasteiger partial charge in [-0.2, -0.15) is 0 Å². The molecule has 0 saturated carbocycles. The zero-order valence-corrected chi connectivity index (χ0v) is 12.0. The molecule has 2 aromatic rings. The summed E-state index contributed by atoms with van der Waals surface area (Å²) in [5.41, 5.74) is 0.968. The number of nitrogens with zero attached hydrogens (tertiary/aromatic N) is 3. The monoisotopic (exact) mass is 313 g/mol. The molecule has 0 radical (unpaired) electrons. The van der Waals surface area contributed by atoms with Crippen molar-refractivity contribution >= 4 is 27.5 Å². The standard InChI is InChI=1S/C12H13BrClN3/c1-8(2)6-17-7-15-16-12(17)10-5-9(14)3-4-11(10)13/h3-5,7-8H,6H2,1-2H3. The van der Waals surface area contributed by atoms with E-state index in [9.17, 15) is 0 Å². The first-order chi connectivity index (χ1) is 8.08. The third-order valence-corrected chi connectivity index (χ3v) is 3.27. The Labute approximate surface area is 114 Å². The number of rotatable bonds is 3. The van der Waals surface area contributed by atoms with E-state index in [1.54, 1.807) is 6.33 Å². The van der Waals surface area contributed by atoms with Crippen LogP contribution in [0.2, 0.25) is 5.02 Å². The number of halogens is 2. The van der Waals surface area contributed by atoms with Crippen molar-refractivity contribution in [2.75, 3.05) is 0 Å². The minimum Gasteiger partial charge on any atom is -0.313 e. The van der Waals surface area contributed by atoms with Crippen LogP contribution in [-0.4, -0.2) is 14.8 Å². The molecule has 0 saturated heterocycles. The molecule has 0 bridgehead atoms. The van der Waals surface area contributed by atoms with Crippen molar-refractivity contribution in [1.82, 2.24) is 14.8 Å². The highest BCUT2D eigenvalue weighted by molar-refractivity contribution is 9.10. The fraction of sp³-hybridized carbons (Fsp3) is 0.333. The van der Waals surface area contributed by atoms with Crippen molar-refractivity contribution < 1.29 is 0 Å². The third-order valence-electron chi connectivity index (χ3n) is 2.35. The summed E-state index contributed by atoms with van der Waals surface area (Å²) in [6.07, 6.45) is 1.75. The lowest BCUT2D eigenvalue weighted by molar-refractivity contribution is 0.525. The van der Waals surface area contributed by atoms with Gasteiger partial charge < -0.3 is 4.57 Å². The number of hydrogen-bond donors (Lipinski definition) is 0. The molecule has 1 aromatic heterocycles. The van der Waals surface area contributed by atoms with E-state index in [4.69, 9.17) is 11.6 Å². The second kappa shape index (κ2) is 5.19. The first-order valence-corrected chi connectivity index (χ1v) is 6.58. The molecule has 0 aliphatic heterocycles. The lowest BCUT2D eigenvalue weighted by Gasteiger charge is -2.10. The van der Waals surface area contributed by atoms with E-state index in [-0.39, 0.29) is 0 Å². The molecule has 0 N–H and O–H groups in total. The van der Waals surface area contributed by atoms with E-state index in [0.29, 0.717) is 10.9 Å². The Morgan fingerprint density at radius 2 is 2.18 bits per heavy atom. The van der Waals surface area contributed by atoms with E-state index < -0.39 is 0 Å². The summed E-state index contributed by atoms with van der Waals surface area (Å²) in [4.78, 5) is 0. The Kier molecular flexibility index (Phi) is 3.84. The highest BCUT2D eigenvalue weighted by Gasteiger charge is 2.12. The maximum atomic E-state index is 6.01. The summed E-state index contributed by atoms with van der Waals surface area (Å²) in [5.74, 6) is 1.38. The van der Waals surface area contributed by atoms with Crippen molar-refractivity contribution in [2.45, 2.75) is 20.4 Å². The quantitative estimate of drug-likeness (QED) is 0.857. The first-order valence-electron chi connectivity index (χ1n) is 5.41. The predicted molar refractivity (Wildman–Crippen MR) is 73.0 cm³/mol. The van der Waals surface area contributed by atoms with E-state index in [2.05, 4.69) is 40.0 Å². The van der Waals surface area contributed by atoms with E-state index in [1.165, 1.54) is 0 Å². The van der Waals surface area contributed by atoms with Gasteiger partial charge in [0.05, 0.1) is 0 Å². The van der Waals surface area contributed by atoms with Crippen LogP contribution in [0.1, 0.15) is 13.8 Å². The highest BCUT2D eigenvalue weighted by atomic mass is 79.9. The Hall–Kier alpha value is -0.870. The molecule has 1 aromatic carbocycles.